The summed E-state index contributed by atoms with van der Waals surface area (Å²) in [6.45, 7) is 3.26. The van der Waals surface area contributed by atoms with Crippen LogP contribution < -0.4 is 16.8 Å². The normalized spacial score (nSPS) is 18.7. The van der Waals surface area contributed by atoms with Gasteiger partial charge in [-0.2, -0.15) is 0 Å². The van der Waals surface area contributed by atoms with Crippen molar-refractivity contribution in [3.05, 3.63) is 36.4 Å². The quantitative estimate of drug-likeness (QED) is 0.467. The van der Waals surface area contributed by atoms with Crippen LogP contribution in [0.15, 0.2) is 39.8 Å². The second-order valence-corrected chi connectivity index (χ2v) is 11.1. The number of nitrogens with one attached hydrogen (secondary N) is 1. The van der Waals surface area contributed by atoms with Crippen LogP contribution in [0.1, 0.15) is 50.2 Å². The predicted octanol–water partition coefficient (Wildman–Crippen LogP) is 1.96. The first-order chi connectivity index (χ1) is 16.2. The van der Waals surface area contributed by atoms with E-state index in [-0.39, 0.29) is 40.3 Å². The molecule has 11 nitrogen and oxygen atoms in total. The van der Waals surface area contributed by atoms with Gasteiger partial charge in [0, 0.05) is 17.6 Å². The van der Waals surface area contributed by atoms with Gasteiger partial charge in [-0.1, -0.05) is 25.0 Å². The molecule has 1 saturated carbocycles. The zero-order valence-corrected chi connectivity index (χ0v) is 19.7. The second kappa shape index (κ2) is 9.47. The monoisotopic (exact) mass is 485 g/mol. The Labute approximate surface area is 197 Å². The molecule has 0 saturated heterocycles. The number of nitrogens with two attached hydrogens (primary N) is 2. The van der Waals surface area contributed by atoms with E-state index in [0.717, 1.165) is 25.7 Å². The maximum atomic E-state index is 12.6. The number of benzene rings is 1. The number of carbonyl (C=O) groups is 1. The lowest BCUT2D eigenvalue weighted by molar-refractivity contribution is 0.0886. The van der Waals surface area contributed by atoms with Gasteiger partial charge in [0.25, 0.3) is 5.89 Å². The van der Waals surface area contributed by atoms with Crippen LogP contribution >= 0.6 is 0 Å². The third kappa shape index (κ3) is 4.77. The van der Waals surface area contributed by atoms with E-state index in [1.54, 1.807) is 26.0 Å². The first-order valence-electron chi connectivity index (χ1n) is 11.0. The number of anilines is 1. The summed E-state index contributed by atoms with van der Waals surface area (Å²) in [4.78, 5) is 21.4. The summed E-state index contributed by atoms with van der Waals surface area (Å²) in [5.74, 6) is -0.732. The van der Waals surface area contributed by atoms with Gasteiger partial charge < -0.3 is 21.2 Å². The molecule has 0 spiro atoms. The maximum absolute atomic E-state index is 12.6. The van der Waals surface area contributed by atoms with Crippen LogP contribution in [0.3, 0.4) is 0 Å². The molecule has 2 aromatic heterocycles. The van der Waals surface area contributed by atoms with Gasteiger partial charge in [-0.3, -0.25) is 4.79 Å². The molecule has 1 amide bonds. The van der Waals surface area contributed by atoms with Gasteiger partial charge >= 0.3 is 11.8 Å². The maximum Gasteiger partial charge on any atom is 0.309 e. The van der Waals surface area contributed by atoms with E-state index >= 15 is 0 Å². The molecule has 0 radical (unpaired) electrons. The van der Waals surface area contributed by atoms with Crippen LogP contribution in [-0.2, 0) is 9.84 Å². The number of hydrogen-bond donors (Lipinski definition) is 3. The summed E-state index contributed by atoms with van der Waals surface area (Å²) in [6, 6.07) is 6.06. The highest BCUT2D eigenvalue weighted by atomic mass is 32.2. The third-order valence-corrected chi connectivity index (χ3v) is 8.03. The summed E-state index contributed by atoms with van der Waals surface area (Å²) in [7, 11) is -3.39. The van der Waals surface area contributed by atoms with E-state index in [2.05, 4.69) is 25.5 Å². The first-order valence-corrected chi connectivity index (χ1v) is 12.6. The van der Waals surface area contributed by atoms with Crippen molar-refractivity contribution in [1.29, 1.82) is 0 Å². The van der Waals surface area contributed by atoms with Crippen molar-refractivity contribution in [2.24, 2.45) is 5.73 Å². The van der Waals surface area contributed by atoms with Gasteiger partial charge in [-0.05, 0) is 38.8 Å². The fourth-order valence-electron chi connectivity index (χ4n) is 3.76. The molecule has 2 unspecified atom stereocenters. The average molecular weight is 486 g/mol. The number of sulfone groups is 1. The van der Waals surface area contributed by atoms with Crippen LogP contribution in [0, 0.1) is 0 Å². The van der Waals surface area contributed by atoms with E-state index in [9.17, 15) is 13.2 Å². The average Bonchev–Trinajstić information content (AvgIpc) is 3.31. The summed E-state index contributed by atoms with van der Waals surface area (Å²) in [6.07, 6.45) is 5.15. The summed E-state index contributed by atoms with van der Waals surface area (Å²) in [5, 5.41) is 10.1. The fraction of sp³-hybridized carbons (Fsp3) is 0.409. The molecule has 180 valence electrons. The molecule has 5 N–H and O–H groups in total. The largest absolute Gasteiger partial charge is 0.410 e. The van der Waals surface area contributed by atoms with Crippen molar-refractivity contribution in [3.63, 3.8) is 0 Å². The summed E-state index contributed by atoms with van der Waals surface area (Å²) >= 11 is 0. The molecule has 1 aromatic carbocycles. The smallest absolute Gasteiger partial charge is 0.309 e. The van der Waals surface area contributed by atoms with Crippen molar-refractivity contribution in [2.45, 2.75) is 61.8 Å². The van der Waals surface area contributed by atoms with Crippen molar-refractivity contribution in [2.75, 3.05) is 5.73 Å². The number of amides is 1. The highest BCUT2D eigenvalue weighted by Gasteiger charge is 2.27. The van der Waals surface area contributed by atoms with Crippen molar-refractivity contribution in [3.8, 4) is 22.8 Å². The van der Waals surface area contributed by atoms with Crippen LogP contribution in [0.25, 0.3) is 22.8 Å². The van der Waals surface area contributed by atoms with Crippen LogP contribution in [-0.4, -0.2) is 51.8 Å². The number of hydrogen-bond acceptors (Lipinski definition) is 10. The van der Waals surface area contributed by atoms with Crippen LogP contribution in [0.4, 0.5) is 5.82 Å². The van der Waals surface area contributed by atoms with E-state index in [0.29, 0.717) is 11.3 Å². The Morgan fingerprint density at radius 1 is 1.15 bits per heavy atom. The molecular weight excluding hydrogens is 458 g/mol. The molecule has 0 aliphatic heterocycles. The molecule has 1 aliphatic rings. The van der Waals surface area contributed by atoms with Gasteiger partial charge in [-0.25, -0.2) is 18.4 Å². The number of carbonyl (C=O) groups excluding carboxylic acids is 1. The summed E-state index contributed by atoms with van der Waals surface area (Å²) in [5.41, 5.74) is 13.2. The van der Waals surface area contributed by atoms with Gasteiger partial charge in [-0.15, -0.1) is 10.2 Å². The minimum absolute atomic E-state index is 0.0488. The molecule has 3 aromatic rings. The van der Waals surface area contributed by atoms with Crippen molar-refractivity contribution < 1.29 is 17.6 Å². The fourth-order valence-corrected chi connectivity index (χ4v) is 4.82. The minimum atomic E-state index is -3.39. The topological polar surface area (TPSA) is 180 Å². The van der Waals surface area contributed by atoms with Gasteiger partial charge in [0.15, 0.2) is 21.3 Å². The molecule has 2 atom stereocenters. The molecule has 1 fully saturated rings. The van der Waals surface area contributed by atoms with Crippen LogP contribution in [0.2, 0.25) is 0 Å². The number of rotatable bonds is 6. The van der Waals surface area contributed by atoms with E-state index in [4.69, 9.17) is 15.9 Å². The highest BCUT2D eigenvalue weighted by molar-refractivity contribution is 7.92. The van der Waals surface area contributed by atoms with Gasteiger partial charge in [0.1, 0.15) is 0 Å². The Kier molecular flexibility index (Phi) is 6.62. The predicted molar refractivity (Wildman–Crippen MR) is 125 cm³/mol. The Balaban J connectivity index is 1.56. The third-order valence-electron chi connectivity index (χ3n) is 5.86. The van der Waals surface area contributed by atoms with Gasteiger partial charge in [0.2, 0.25) is 0 Å². The number of nitrogen functional groups attached to an aromatic ring is 1. The lowest BCUT2D eigenvalue weighted by Gasteiger charge is -2.28. The minimum Gasteiger partial charge on any atom is -0.410 e. The van der Waals surface area contributed by atoms with E-state index in [1.165, 1.54) is 18.3 Å². The van der Waals surface area contributed by atoms with E-state index < -0.39 is 21.0 Å². The van der Waals surface area contributed by atoms with Crippen molar-refractivity contribution >= 4 is 21.6 Å². The Bertz CT molecular complexity index is 1290. The Morgan fingerprint density at radius 3 is 2.53 bits per heavy atom. The number of nitrogens with zero attached hydrogens (tertiary/aromatic N) is 4. The molecular formula is C22H27N7O4S. The molecule has 2 heterocycles. The Morgan fingerprint density at radius 2 is 1.85 bits per heavy atom. The number of aromatic nitrogens is 4. The zero-order valence-electron chi connectivity index (χ0n) is 18.9. The van der Waals surface area contributed by atoms with Gasteiger partial charge in [0.05, 0.1) is 22.0 Å². The molecule has 34 heavy (non-hydrogen) atoms. The second-order valence-electron chi connectivity index (χ2n) is 8.55. The standard InChI is InChI=1S/C22H27N7O4S/c1-12(2)34(31,32)14-9-7-13(8-10-14)17-11-25-19(24)18(26-17)21-28-29-22(33-21)20(30)27-16-6-4-3-5-15(16)23/h7-12,15-16H,3-6,23H2,1-2H3,(H2,24,25)(H,27,30). The molecule has 4 rings (SSSR count). The highest BCUT2D eigenvalue weighted by Crippen LogP contribution is 2.27. The lowest BCUT2D eigenvalue weighted by Crippen LogP contribution is -2.49. The SMILES string of the molecule is CC(C)S(=O)(=O)c1ccc(-c2cnc(N)c(-c3nnc(C(=O)NC4CCCCC4N)o3)n2)cc1. The molecule has 0 bridgehead atoms. The van der Waals surface area contributed by atoms with Crippen molar-refractivity contribution in [1.82, 2.24) is 25.5 Å². The zero-order chi connectivity index (χ0) is 24.5. The molecule has 1 aliphatic carbocycles. The molecule has 12 heteroatoms. The Hall–Kier alpha value is -3.38. The van der Waals surface area contributed by atoms with E-state index in [1.807, 2.05) is 0 Å². The first kappa shape index (κ1) is 23.8. The lowest BCUT2D eigenvalue weighted by atomic mass is 9.91. The van der Waals surface area contributed by atoms with Crippen LogP contribution in [0.5, 0.6) is 0 Å². The summed E-state index contributed by atoms with van der Waals surface area (Å²) < 4.78 is 30.2.